The van der Waals surface area contributed by atoms with Crippen molar-refractivity contribution in [1.29, 1.82) is 0 Å². The van der Waals surface area contributed by atoms with Gasteiger partial charge < -0.3 is 47.9 Å². The van der Waals surface area contributed by atoms with E-state index in [4.69, 9.17) is 37.9 Å². The van der Waals surface area contributed by atoms with Gasteiger partial charge >= 0.3 is 35.8 Å². The fourth-order valence-corrected chi connectivity index (χ4v) is 7.03. The number of hydrogen-bond acceptors (Lipinski definition) is 17. The molecule has 0 aliphatic carbocycles. The number of benzene rings is 1. The van der Waals surface area contributed by atoms with Gasteiger partial charge in [-0.3, -0.25) is 33.6 Å². The third-order valence-electron chi connectivity index (χ3n) is 7.64. The molecule has 17 nitrogen and oxygen atoms in total. The number of rotatable bonds is 12. The summed E-state index contributed by atoms with van der Waals surface area (Å²) in [6.45, 7) is 8.50. The van der Waals surface area contributed by atoms with Crippen molar-refractivity contribution in [3.05, 3.63) is 29.8 Å². The molecule has 2 aliphatic heterocycles. The second-order valence-corrected chi connectivity index (χ2v) is 13.0. The first kappa shape index (κ1) is 41.2. The average Bonchev–Trinajstić information content (AvgIpc) is 3.00. The first-order valence-corrected chi connectivity index (χ1v) is 16.7. The Morgan fingerprint density at radius 1 is 0.627 bits per heavy atom. The standard InChI is InChI=1S/C33H43NO16S/c1-15-9-11-23(12-10-15)51-33-27(31(48-22(8)41)29(46-20(6)39)25(50-33)14-44-18(4)37)34(16(2)35)26-30(47-21(7)40)28(45-19(5)38)24(49-32(26)42)13-43-17(3)36/h9-12,24-33,42H,13-14H2,1-8H3/t24-,25-,26-,27+,28-,29-,30-,31-,32-,33-/m1/s1. The first-order chi connectivity index (χ1) is 23.9. The summed E-state index contributed by atoms with van der Waals surface area (Å²) >= 11 is 1.06. The lowest BCUT2D eigenvalue weighted by atomic mass is 9.90. The maximum Gasteiger partial charge on any atom is 0.303 e. The Hall–Kier alpha value is -4.26. The minimum absolute atomic E-state index is 0.458. The zero-order valence-electron chi connectivity index (χ0n) is 29.4. The fraction of sp³-hybridized carbons (Fsp3) is 0.606. The first-order valence-electron chi connectivity index (χ1n) is 15.9. The predicted molar refractivity (Wildman–Crippen MR) is 172 cm³/mol. The van der Waals surface area contributed by atoms with Gasteiger partial charge in [-0.25, -0.2) is 0 Å². The Morgan fingerprint density at radius 2 is 1.04 bits per heavy atom. The Morgan fingerprint density at radius 3 is 1.45 bits per heavy atom. The molecule has 1 aromatic carbocycles. The summed E-state index contributed by atoms with van der Waals surface area (Å²) in [7, 11) is 0. The van der Waals surface area contributed by atoms with E-state index in [-0.39, 0.29) is 0 Å². The van der Waals surface area contributed by atoms with Crippen molar-refractivity contribution in [2.45, 2.75) is 121 Å². The van der Waals surface area contributed by atoms with E-state index in [0.717, 1.165) is 70.7 Å². The van der Waals surface area contributed by atoms with E-state index in [1.165, 1.54) is 0 Å². The smallest absolute Gasteiger partial charge is 0.303 e. The van der Waals surface area contributed by atoms with E-state index >= 15 is 0 Å². The van der Waals surface area contributed by atoms with Gasteiger partial charge in [-0.15, -0.1) is 0 Å². The monoisotopic (exact) mass is 741 g/mol. The highest BCUT2D eigenvalue weighted by molar-refractivity contribution is 7.99. The normalized spacial score (nSPS) is 28.7. The summed E-state index contributed by atoms with van der Waals surface area (Å²) in [5.41, 5.74) is -0.303. The van der Waals surface area contributed by atoms with Crippen LogP contribution in [-0.2, 0) is 71.5 Å². The number of aliphatic hydroxyl groups is 1. The van der Waals surface area contributed by atoms with Crippen molar-refractivity contribution in [3.63, 3.8) is 0 Å². The lowest BCUT2D eigenvalue weighted by Crippen LogP contribution is -2.73. The van der Waals surface area contributed by atoms with E-state index in [1.807, 2.05) is 19.1 Å². The molecule has 10 atom stereocenters. The van der Waals surface area contributed by atoms with Gasteiger partial charge in [-0.1, -0.05) is 29.5 Å². The zero-order valence-corrected chi connectivity index (χ0v) is 30.2. The molecule has 2 saturated heterocycles. The van der Waals surface area contributed by atoms with Crippen LogP contribution in [0.4, 0.5) is 0 Å². The summed E-state index contributed by atoms with van der Waals surface area (Å²) in [4.78, 5) is 89.1. The summed E-state index contributed by atoms with van der Waals surface area (Å²) in [5.74, 6) is -5.71. The molecule has 282 valence electrons. The molecular formula is C33H43NO16S. The second kappa shape index (κ2) is 18.3. The number of esters is 6. The predicted octanol–water partition coefficient (Wildman–Crippen LogP) is 0.968. The van der Waals surface area contributed by atoms with Crippen LogP contribution in [0.2, 0.25) is 0 Å². The fourth-order valence-electron chi connectivity index (χ4n) is 5.84. The van der Waals surface area contributed by atoms with Gasteiger partial charge in [-0.05, 0) is 19.1 Å². The van der Waals surface area contributed by atoms with E-state index < -0.39 is 115 Å². The van der Waals surface area contributed by atoms with Crippen molar-refractivity contribution in [1.82, 2.24) is 4.90 Å². The Bertz CT molecular complexity index is 1450. The SMILES string of the molecule is CC(=O)OC[C@H]1O[C@@H](O)[C@H](N(C(C)=O)[C@H]2[C@@H](OC(C)=O)[C@H](OC(C)=O)[C@@H](COC(C)=O)O[C@@H]2Sc2ccc(C)cc2)[C@@H](OC(C)=O)[C@@H]1OC(C)=O. The molecule has 0 radical (unpaired) electrons. The number of carbonyl (C=O) groups is 7. The summed E-state index contributed by atoms with van der Waals surface area (Å²) in [5, 5.41) is 11.6. The molecule has 18 heteroatoms. The van der Waals surface area contributed by atoms with Crippen molar-refractivity contribution in [2.75, 3.05) is 13.2 Å². The van der Waals surface area contributed by atoms with Crippen molar-refractivity contribution in [2.24, 2.45) is 0 Å². The van der Waals surface area contributed by atoms with Gasteiger partial charge in [0.2, 0.25) is 5.91 Å². The maximum atomic E-state index is 13.9. The highest BCUT2D eigenvalue weighted by Gasteiger charge is 2.60. The Labute approximate surface area is 298 Å². The van der Waals surface area contributed by atoms with E-state index in [2.05, 4.69) is 0 Å². The van der Waals surface area contributed by atoms with Gasteiger partial charge in [0.15, 0.2) is 30.7 Å². The maximum absolute atomic E-state index is 13.9. The summed E-state index contributed by atoms with van der Waals surface area (Å²) in [6, 6.07) is 3.96. The summed E-state index contributed by atoms with van der Waals surface area (Å²) < 4.78 is 44.9. The molecule has 0 unspecified atom stereocenters. The van der Waals surface area contributed by atoms with Crippen LogP contribution in [0.1, 0.15) is 54.0 Å². The molecule has 51 heavy (non-hydrogen) atoms. The molecule has 0 bridgehead atoms. The van der Waals surface area contributed by atoms with Crippen LogP contribution in [0.15, 0.2) is 29.2 Å². The number of ether oxygens (including phenoxy) is 8. The van der Waals surface area contributed by atoms with Gasteiger partial charge in [0.05, 0.1) is 0 Å². The highest BCUT2D eigenvalue weighted by atomic mass is 32.2. The van der Waals surface area contributed by atoms with E-state index in [0.29, 0.717) is 4.90 Å². The van der Waals surface area contributed by atoms with Crippen LogP contribution in [0, 0.1) is 6.92 Å². The largest absolute Gasteiger partial charge is 0.463 e. The molecular weight excluding hydrogens is 698 g/mol. The molecule has 2 heterocycles. The second-order valence-electron chi connectivity index (χ2n) is 11.8. The quantitative estimate of drug-likeness (QED) is 0.233. The minimum atomic E-state index is -2.01. The number of aliphatic hydroxyl groups excluding tert-OH is 1. The van der Waals surface area contributed by atoms with Crippen molar-refractivity contribution in [3.8, 4) is 0 Å². The van der Waals surface area contributed by atoms with Crippen LogP contribution in [0.3, 0.4) is 0 Å². The third kappa shape index (κ3) is 11.4. The molecule has 2 aliphatic rings. The number of hydrogen-bond donors (Lipinski definition) is 1. The molecule has 1 aromatic rings. The molecule has 2 fully saturated rings. The molecule has 1 N–H and O–H groups in total. The number of thioether (sulfide) groups is 1. The Kier molecular flexibility index (Phi) is 14.8. The highest BCUT2D eigenvalue weighted by Crippen LogP contribution is 2.41. The molecule has 1 amide bonds. The number of nitrogens with zero attached hydrogens (tertiary/aromatic N) is 1. The van der Waals surface area contributed by atoms with Crippen LogP contribution < -0.4 is 0 Å². The minimum Gasteiger partial charge on any atom is -0.463 e. The zero-order chi connectivity index (χ0) is 38.2. The average molecular weight is 742 g/mol. The molecule has 3 rings (SSSR count). The number of carbonyl (C=O) groups excluding carboxylic acids is 7. The van der Waals surface area contributed by atoms with Gasteiger partial charge in [-0.2, -0.15) is 0 Å². The number of amides is 1. The van der Waals surface area contributed by atoms with Crippen LogP contribution in [-0.4, -0.2) is 125 Å². The molecule has 0 spiro atoms. The van der Waals surface area contributed by atoms with Crippen LogP contribution >= 0.6 is 11.8 Å². The Balaban J connectivity index is 2.29. The van der Waals surface area contributed by atoms with Crippen LogP contribution in [0.5, 0.6) is 0 Å². The third-order valence-corrected chi connectivity index (χ3v) is 8.80. The van der Waals surface area contributed by atoms with Crippen molar-refractivity contribution >= 4 is 53.5 Å². The van der Waals surface area contributed by atoms with Crippen molar-refractivity contribution < 1.29 is 76.6 Å². The number of aryl methyl sites for hydroxylation is 1. The van der Waals surface area contributed by atoms with Gasteiger partial charge in [0, 0.05) is 53.4 Å². The molecule has 0 saturated carbocycles. The lowest BCUT2D eigenvalue weighted by Gasteiger charge is -2.54. The van der Waals surface area contributed by atoms with E-state index in [9.17, 15) is 38.7 Å². The lowest BCUT2D eigenvalue weighted by molar-refractivity contribution is -0.290. The van der Waals surface area contributed by atoms with Crippen LogP contribution in [0.25, 0.3) is 0 Å². The van der Waals surface area contributed by atoms with E-state index in [1.54, 1.807) is 12.1 Å². The summed E-state index contributed by atoms with van der Waals surface area (Å²) in [6.07, 6.45) is -10.9. The molecule has 0 aromatic heterocycles. The van der Waals surface area contributed by atoms with Gasteiger partial charge in [0.1, 0.15) is 42.9 Å². The topological polar surface area (TPSA) is 217 Å². The van der Waals surface area contributed by atoms with Gasteiger partial charge in [0.25, 0.3) is 0 Å².